The Morgan fingerprint density at radius 1 is 1.00 bits per heavy atom. The molecule has 0 radical (unpaired) electrons. The molecule has 1 heterocycles. The zero-order valence-corrected chi connectivity index (χ0v) is 15.1. The van der Waals surface area contributed by atoms with E-state index in [0.717, 1.165) is 30.3 Å². The summed E-state index contributed by atoms with van der Waals surface area (Å²) >= 11 is 10.4. The molecule has 20 heavy (non-hydrogen) atoms. The molecule has 0 fully saturated rings. The molecular formula is C15H11Br3O2. The van der Waals surface area contributed by atoms with Gasteiger partial charge in [0, 0.05) is 25.4 Å². The fourth-order valence-electron chi connectivity index (χ4n) is 2.33. The van der Waals surface area contributed by atoms with Crippen LogP contribution in [0.5, 0.6) is 5.75 Å². The highest BCUT2D eigenvalue weighted by atomic mass is 79.9. The van der Waals surface area contributed by atoms with Gasteiger partial charge in [0.05, 0.1) is 6.10 Å². The Morgan fingerprint density at radius 2 is 1.80 bits per heavy atom. The normalized spacial score (nSPS) is 21.2. The van der Waals surface area contributed by atoms with Crippen LogP contribution in [0.3, 0.4) is 0 Å². The highest BCUT2D eigenvalue weighted by Crippen LogP contribution is 2.42. The molecule has 1 aliphatic heterocycles. The third-order valence-corrected chi connectivity index (χ3v) is 5.73. The predicted molar refractivity (Wildman–Crippen MR) is 88.9 cm³/mol. The lowest BCUT2D eigenvalue weighted by Gasteiger charge is -2.30. The summed E-state index contributed by atoms with van der Waals surface area (Å²) in [5.41, 5.74) is 1.89. The molecule has 0 bridgehead atoms. The van der Waals surface area contributed by atoms with Crippen LogP contribution in [-0.2, 0) is 0 Å². The number of aliphatic hydroxyl groups excluding tert-OH is 1. The average molecular weight is 463 g/mol. The van der Waals surface area contributed by atoms with E-state index in [1.165, 1.54) is 0 Å². The highest BCUT2D eigenvalue weighted by Gasteiger charge is 2.28. The number of benzene rings is 2. The molecule has 104 valence electrons. The standard InChI is InChI=1S/C15H11Br3O2/c16-9-2-3-10-13(19)7-14(20-15(10)6-9)8-1-4-11(17)12(18)5-8/h1-6,13-14,19H,7H2. The molecule has 0 aliphatic carbocycles. The molecule has 1 aliphatic rings. The molecular weight excluding hydrogens is 452 g/mol. The number of rotatable bonds is 1. The zero-order chi connectivity index (χ0) is 14.3. The minimum absolute atomic E-state index is 0.142. The second kappa shape index (κ2) is 5.79. The summed E-state index contributed by atoms with van der Waals surface area (Å²) in [6.45, 7) is 0. The van der Waals surface area contributed by atoms with Crippen molar-refractivity contribution in [3.63, 3.8) is 0 Å². The van der Waals surface area contributed by atoms with E-state index in [9.17, 15) is 5.11 Å². The molecule has 0 amide bonds. The molecule has 2 aromatic rings. The van der Waals surface area contributed by atoms with Gasteiger partial charge in [-0.3, -0.25) is 0 Å². The van der Waals surface area contributed by atoms with Crippen molar-refractivity contribution in [3.8, 4) is 5.75 Å². The SMILES string of the molecule is OC1CC(c2ccc(Br)c(Br)c2)Oc2cc(Br)ccc21. The fourth-order valence-corrected chi connectivity index (χ4v) is 3.32. The molecule has 0 spiro atoms. The molecule has 2 aromatic carbocycles. The molecule has 2 atom stereocenters. The molecule has 5 heteroatoms. The lowest BCUT2D eigenvalue weighted by atomic mass is 9.95. The van der Waals surface area contributed by atoms with Gasteiger partial charge in [-0.25, -0.2) is 0 Å². The first-order valence-electron chi connectivity index (χ1n) is 6.13. The largest absolute Gasteiger partial charge is 0.485 e. The van der Waals surface area contributed by atoms with Crippen LogP contribution in [0.4, 0.5) is 0 Å². The van der Waals surface area contributed by atoms with E-state index in [-0.39, 0.29) is 6.10 Å². The van der Waals surface area contributed by atoms with Crippen molar-refractivity contribution >= 4 is 47.8 Å². The molecule has 3 rings (SSSR count). The number of halogens is 3. The van der Waals surface area contributed by atoms with Crippen molar-refractivity contribution < 1.29 is 9.84 Å². The summed E-state index contributed by atoms with van der Waals surface area (Å²) in [6, 6.07) is 11.7. The maximum atomic E-state index is 10.3. The van der Waals surface area contributed by atoms with Gasteiger partial charge in [-0.15, -0.1) is 0 Å². The quantitative estimate of drug-likeness (QED) is 0.603. The highest BCUT2D eigenvalue weighted by molar-refractivity contribution is 9.13. The summed E-state index contributed by atoms with van der Waals surface area (Å²) in [5.74, 6) is 0.738. The number of aliphatic hydroxyl groups is 1. The lowest BCUT2D eigenvalue weighted by Crippen LogP contribution is -2.19. The van der Waals surface area contributed by atoms with Gasteiger partial charge in [0.1, 0.15) is 11.9 Å². The maximum Gasteiger partial charge on any atom is 0.127 e. The topological polar surface area (TPSA) is 29.5 Å². The minimum atomic E-state index is -0.501. The Bertz CT molecular complexity index is 658. The average Bonchev–Trinajstić information content (AvgIpc) is 2.41. The van der Waals surface area contributed by atoms with Crippen molar-refractivity contribution in [1.29, 1.82) is 0 Å². The molecule has 2 unspecified atom stereocenters. The number of hydrogen-bond acceptors (Lipinski definition) is 2. The van der Waals surface area contributed by atoms with Gasteiger partial charge in [-0.2, -0.15) is 0 Å². The predicted octanol–water partition coefficient (Wildman–Crippen LogP) is 5.53. The van der Waals surface area contributed by atoms with Gasteiger partial charge in [-0.05, 0) is 61.7 Å². The molecule has 2 nitrogen and oxygen atoms in total. The first-order chi connectivity index (χ1) is 9.54. The molecule has 0 aromatic heterocycles. The monoisotopic (exact) mass is 460 g/mol. The summed E-state index contributed by atoms with van der Waals surface area (Å²) < 4.78 is 8.96. The number of hydrogen-bond donors (Lipinski definition) is 1. The van der Waals surface area contributed by atoms with Crippen LogP contribution in [0.2, 0.25) is 0 Å². The summed E-state index contributed by atoms with van der Waals surface area (Å²) in [6.07, 6.45) is -0.0848. The minimum Gasteiger partial charge on any atom is -0.485 e. The van der Waals surface area contributed by atoms with Crippen LogP contribution in [-0.4, -0.2) is 5.11 Å². The van der Waals surface area contributed by atoms with Crippen LogP contribution >= 0.6 is 47.8 Å². The molecule has 1 N–H and O–H groups in total. The van der Waals surface area contributed by atoms with E-state index in [0.29, 0.717) is 6.42 Å². The Kier molecular flexibility index (Phi) is 4.22. The Balaban J connectivity index is 1.96. The van der Waals surface area contributed by atoms with Crippen molar-refractivity contribution in [1.82, 2.24) is 0 Å². The van der Waals surface area contributed by atoms with Crippen molar-refractivity contribution in [2.75, 3.05) is 0 Å². The third-order valence-electron chi connectivity index (χ3n) is 3.36. The van der Waals surface area contributed by atoms with Gasteiger partial charge in [0.15, 0.2) is 0 Å². The van der Waals surface area contributed by atoms with E-state index >= 15 is 0 Å². The van der Waals surface area contributed by atoms with Gasteiger partial charge in [-0.1, -0.05) is 28.1 Å². The Hall–Kier alpha value is -0.360. The van der Waals surface area contributed by atoms with E-state index in [2.05, 4.69) is 47.8 Å². The van der Waals surface area contributed by atoms with Crippen molar-refractivity contribution in [2.24, 2.45) is 0 Å². The first kappa shape index (κ1) is 14.6. The van der Waals surface area contributed by atoms with Crippen molar-refractivity contribution in [3.05, 3.63) is 60.9 Å². The summed E-state index contributed by atoms with van der Waals surface area (Å²) in [7, 11) is 0. The third kappa shape index (κ3) is 2.82. The molecule has 0 saturated heterocycles. The summed E-state index contributed by atoms with van der Waals surface area (Å²) in [5, 5.41) is 10.3. The Morgan fingerprint density at radius 3 is 2.55 bits per heavy atom. The van der Waals surface area contributed by atoms with Crippen LogP contribution < -0.4 is 4.74 Å². The molecule has 0 saturated carbocycles. The van der Waals surface area contributed by atoms with Crippen LogP contribution in [0.25, 0.3) is 0 Å². The van der Waals surface area contributed by atoms with Gasteiger partial charge >= 0.3 is 0 Å². The Labute approximate surface area is 142 Å². The van der Waals surface area contributed by atoms with E-state index in [1.54, 1.807) is 0 Å². The van der Waals surface area contributed by atoms with E-state index in [4.69, 9.17) is 4.74 Å². The maximum absolute atomic E-state index is 10.3. The number of fused-ring (bicyclic) bond motifs is 1. The second-order valence-electron chi connectivity index (χ2n) is 4.71. The van der Waals surface area contributed by atoms with E-state index < -0.39 is 6.10 Å². The smallest absolute Gasteiger partial charge is 0.127 e. The van der Waals surface area contributed by atoms with Gasteiger partial charge < -0.3 is 9.84 Å². The lowest BCUT2D eigenvalue weighted by molar-refractivity contribution is 0.0656. The fraction of sp³-hybridized carbons (Fsp3) is 0.200. The number of ether oxygens (including phenoxy) is 1. The van der Waals surface area contributed by atoms with E-state index in [1.807, 2.05) is 36.4 Å². The van der Waals surface area contributed by atoms with Crippen LogP contribution in [0, 0.1) is 0 Å². The van der Waals surface area contributed by atoms with Gasteiger partial charge in [0.25, 0.3) is 0 Å². The first-order valence-corrected chi connectivity index (χ1v) is 8.51. The summed E-state index contributed by atoms with van der Waals surface area (Å²) in [4.78, 5) is 0. The van der Waals surface area contributed by atoms with Crippen molar-refractivity contribution in [2.45, 2.75) is 18.6 Å². The van der Waals surface area contributed by atoms with Crippen LogP contribution in [0.15, 0.2) is 49.8 Å². The van der Waals surface area contributed by atoms with Gasteiger partial charge in [0.2, 0.25) is 0 Å². The second-order valence-corrected chi connectivity index (χ2v) is 7.34. The van der Waals surface area contributed by atoms with Crippen LogP contribution in [0.1, 0.15) is 29.8 Å². The zero-order valence-electron chi connectivity index (χ0n) is 10.3.